The molecule has 0 saturated carbocycles. The van der Waals surface area contributed by atoms with E-state index in [2.05, 4.69) is 16.0 Å². The van der Waals surface area contributed by atoms with E-state index >= 15 is 0 Å². The standard InChI is InChI=1S/C26H32N4O6/c1-15(2)22(23(31)29-21(24(32)33)12-7-13-28-25(27)34)30-26(35)36-14-20-18-10-5-3-8-16(18)17-9-4-6-11-19(17)20/h3-6,8-11,15,20-22H,7,12-14H2,1-2H3,(H,29,31)(H,30,35)(H,32,33)(H3,27,28,34). The van der Waals surface area contributed by atoms with Crippen LogP contribution in [0.25, 0.3) is 11.1 Å². The smallest absolute Gasteiger partial charge is 0.407 e. The van der Waals surface area contributed by atoms with E-state index in [1.165, 1.54) is 0 Å². The molecular weight excluding hydrogens is 464 g/mol. The topological polar surface area (TPSA) is 160 Å². The van der Waals surface area contributed by atoms with Crippen LogP contribution in [0.1, 0.15) is 43.7 Å². The number of carboxylic acids is 1. The Morgan fingerprint density at radius 1 is 0.972 bits per heavy atom. The molecule has 36 heavy (non-hydrogen) atoms. The molecule has 10 nitrogen and oxygen atoms in total. The van der Waals surface area contributed by atoms with E-state index in [0.717, 1.165) is 22.3 Å². The molecule has 2 aromatic rings. The van der Waals surface area contributed by atoms with Gasteiger partial charge in [0, 0.05) is 12.5 Å². The van der Waals surface area contributed by atoms with Crippen LogP contribution in [0.4, 0.5) is 9.59 Å². The molecule has 0 radical (unpaired) electrons. The summed E-state index contributed by atoms with van der Waals surface area (Å²) in [5.74, 6) is -2.30. The molecule has 2 atom stereocenters. The Morgan fingerprint density at radius 2 is 1.56 bits per heavy atom. The highest BCUT2D eigenvalue weighted by atomic mass is 16.5. The number of primary amides is 1. The molecule has 0 fully saturated rings. The van der Waals surface area contributed by atoms with Crippen LogP contribution in [-0.4, -0.2) is 54.3 Å². The molecule has 0 saturated heterocycles. The summed E-state index contributed by atoms with van der Waals surface area (Å²) in [5.41, 5.74) is 9.34. The highest BCUT2D eigenvalue weighted by Crippen LogP contribution is 2.44. The Balaban J connectivity index is 1.59. The van der Waals surface area contributed by atoms with Crippen LogP contribution in [-0.2, 0) is 14.3 Å². The first-order chi connectivity index (χ1) is 17.2. The van der Waals surface area contributed by atoms with Gasteiger partial charge in [-0.05, 0) is 41.0 Å². The molecule has 1 aliphatic carbocycles. The summed E-state index contributed by atoms with van der Waals surface area (Å²) >= 11 is 0. The second kappa shape index (κ2) is 12.1. The molecule has 1 aliphatic rings. The van der Waals surface area contributed by atoms with Gasteiger partial charge in [-0.2, -0.15) is 0 Å². The summed E-state index contributed by atoms with van der Waals surface area (Å²) < 4.78 is 5.53. The van der Waals surface area contributed by atoms with Gasteiger partial charge in [-0.15, -0.1) is 0 Å². The fraction of sp³-hybridized carbons (Fsp3) is 0.385. The number of aliphatic carboxylic acids is 1. The Labute approximate surface area is 209 Å². The van der Waals surface area contributed by atoms with Gasteiger partial charge in [-0.1, -0.05) is 62.4 Å². The van der Waals surface area contributed by atoms with Crippen molar-refractivity contribution in [3.05, 3.63) is 59.7 Å². The maximum atomic E-state index is 12.8. The van der Waals surface area contributed by atoms with Crippen LogP contribution in [0, 0.1) is 5.92 Å². The molecule has 192 valence electrons. The van der Waals surface area contributed by atoms with Crippen molar-refractivity contribution in [3.63, 3.8) is 0 Å². The van der Waals surface area contributed by atoms with Gasteiger partial charge in [0.15, 0.2) is 0 Å². The second-order valence-corrected chi connectivity index (χ2v) is 9.02. The fourth-order valence-corrected chi connectivity index (χ4v) is 4.34. The predicted octanol–water partition coefficient (Wildman–Crippen LogP) is 2.57. The van der Waals surface area contributed by atoms with Crippen molar-refractivity contribution in [2.75, 3.05) is 13.2 Å². The Bertz CT molecular complexity index is 1070. The maximum absolute atomic E-state index is 12.8. The van der Waals surface area contributed by atoms with E-state index in [1.54, 1.807) is 13.8 Å². The van der Waals surface area contributed by atoms with Crippen molar-refractivity contribution in [2.24, 2.45) is 11.7 Å². The zero-order chi connectivity index (χ0) is 26.2. The molecule has 6 N–H and O–H groups in total. The number of nitrogens with one attached hydrogen (secondary N) is 3. The summed E-state index contributed by atoms with van der Waals surface area (Å²) in [6, 6.07) is 13.0. The molecule has 0 bridgehead atoms. The minimum Gasteiger partial charge on any atom is -0.480 e. The number of hydrogen-bond donors (Lipinski definition) is 5. The number of amides is 4. The predicted molar refractivity (Wildman–Crippen MR) is 133 cm³/mol. The van der Waals surface area contributed by atoms with Crippen LogP contribution in [0.15, 0.2) is 48.5 Å². The third kappa shape index (κ3) is 6.53. The summed E-state index contributed by atoms with van der Waals surface area (Å²) in [5, 5.41) is 16.9. The third-order valence-electron chi connectivity index (χ3n) is 6.15. The maximum Gasteiger partial charge on any atom is 0.407 e. The lowest BCUT2D eigenvalue weighted by molar-refractivity contribution is -0.142. The number of nitrogens with two attached hydrogens (primary N) is 1. The summed E-state index contributed by atoms with van der Waals surface area (Å²) in [4.78, 5) is 47.8. The van der Waals surface area contributed by atoms with Crippen LogP contribution in [0.2, 0.25) is 0 Å². The van der Waals surface area contributed by atoms with Crippen molar-refractivity contribution in [2.45, 2.75) is 44.7 Å². The summed E-state index contributed by atoms with van der Waals surface area (Å²) in [6.45, 7) is 3.75. The van der Waals surface area contributed by atoms with Gasteiger partial charge in [0.1, 0.15) is 18.7 Å². The van der Waals surface area contributed by atoms with Crippen molar-refractivity contribution in [1.82, 2.24) is 16.0 Å². The highest BCUT2D eigenvalue weighted by molar-refractivity contribution is 5.89. The van der Waals surface area contributed by atoms with E-state index in [0.29, 0.717) is 6.42 Å². The van der Waals surface area contributed by atoms with E-state index < -0.39 is 36.1 Å². The van der Waals surface area contributed by atoms with E-state index in [1.807, 2.05) is 48.5 Å². The molecular formula is C26H32N4O6. The van der Waals surface area contributed by atoms with E-state index in [-0.39, 0.29) is 31.4 Å². The lowest BCUT2D eigenvalue weighted by Crippen LogP contribution is -2.54. The van der Waals surface area contributed by atoms with Gasteiger partial charge in [-0.3, -0.25) is 4.79 Å². The summed E-state index contributed by atoms with van der Waals surface area (Å²) in [7, 11) is 0. The van der Waals surface area contributed by atoms with E-state index in [9.17, 15) is 24.3 Å². The summed E-state index contributed by atoms with van der Waals surface area (Å²) in [6.07, 6.45) is -0.382. The molecule has 0 spiro atoms. The SMILES string of the molecule is CC(C)C(NC(=O)OCC1c2ccccc2-c2ccccc21)C(=O)NC(CCCNC(N)=O)C(=O)O. The first-order valence-electron chi connectivity index (χ1n) is 11.9. The van der Waals surface area contributed by atoms with Crippen LogP contribution in [0.5, 0.6) is 0 Å². The van der Waals surface area contributed by atoms with Gasteiger partial charge < -0.3 is 31.5 Å². The van der Waals surface area contributed by atoms with Gasteiger partial charge in [0.05, 0.1) is 0 Å². The normalized spacial score (nSPS) is 13.8. The third-order valence-corrected chi connectivity index (χ3v) is 6.15. The van der Waals surface area contributed by atoms with Gasteiger partial charge in [0.2, 0.25) is 5.91 Å². The molecule has 0 aromatic heterocycles. The number of fused-ring (bicyclic) bond motifs is 3. The number of carboxylic acid groups (broad SMARTS) is 1. The molecule has 2 aromatic carbocycles. The Kier molecular flexibility index (Phi) is 8.88. The Hall–Kier alpha value is -4.08. The van der Waals surface area contributed by atoms with E-state index in [4.69, 9.17) is 10.5 Å². The average Bonchev–Trinajstić information content (AvgIpc) is 3.16. The number of hydrogen-bond acceptors (Lipinski definition) is 5. The van der Waals surface area contributed by atoms with Crippen molar-refractivity contribution >= 4 is 24.0 Å². The fourth-order valence-electron chi connectivity index (χ4n) is 4.34. The quantitative estimate of drug-likeness (QED) is 0.301. The van der Waals surface area contributed by atoms with Gasteiger partial charge >= 0.3 is 18.1 Å². The first-order valence-corrected chi connectivity index (χ1v) is 11.9. The number of carbonyl (C=O) groups excluding carboxylic acids is 3. The highest BCUT2D eigenvalue weighted by Gasteiger charge is 2.31. The Morgan fingerprint density at radius 3 is 2.08 bits per heavy atom. The number of rotatable bonds is 11. The van der Waals surface area contributed by atoms with Crippen molar-refractivity contribution in [1.29, 1.82) is 0 Å². The molecule has 0 heterocycles. The number of urea groups is 1. The molecule has 0 aliphatic heterocycles. The monoisotopic (exact) mass is 496 g/mol. The first kappa shape index (κ1) is 26.5. The molecule has 4 amide bonds. The molecule has 10 heteroatoms. The average molecular weight is 497 g/mol. The van der Waals surface area contributed by atoms with Crippen LogP contribution < -0.4 is 21.7 Å². The van der Waals surface area contributed by atoms with Crippen molar-refractivity contribution in [3.8, 4) is 11.1 Å². The van der Waals surface area contributed by atoms with Gasteiger partial charge in [-0.25, -0.2) is 14.4 Å². The second-order valence-electron chi connectivity index (χ2n) is 9.02. The number of benzene rings is 2. The molecule has 2 unspecified atom stereocenters. The molecule has 3 rings (SSSR count). The lowest BCUT2D eigenvalue weighted by atomic mass is 9.98. The van der Waals surface area contributed by atoms with Gasteiger partial charge in [0.25, 0.3) is 0 Å². The lowest BCUT2D eigenvalue weighted by Gasteiger charge is -2.24. The van der Waals surface area contributed by atoms with Crippen molar-refractivity contribution < 1.29 is 29.0 Å². The number of ether oxygens (including phenoxy) is 1. The van der Waals surface area contributed by atoms with Crippen LogP contribution in [0.3, 0.4) is 0 Å². The minimum atomic E-state index is -1.22. The largest absolute Gasteiger partial charge is 0.480 e. The zero-order valence-electron chi connectivity index (χ0n) is 20.3. The van der Waals surface area contributed by atoms with Crippen LogP contribution >= 0.6 is 0 Å². The number of alkyl carbamates (subject to hydrolysis) is 1. The number of carbonyl (C=O) groups is 4. The minimum absolute atomic E-state index is 0.0805. The zero-order valence-corrected chi connectivity index (χ0v) is 20.3.